The summed E-state index contributed by atoms with van der Waals surface area (Å²) in [6.07, 6.45) is 4.88. The SMILES string of the molecule is Fc1ccc(-c2ccc(Cl)c(Cl)c2)c2c(N3CCCCC3)ncnc12. The van der Waals surface area contributed by atoms with Gasteiger partial charge >= 0.3 is 0 Å². The Morgan fingerprint density at radius 2 is 1.72 bits per heavy atom. The maximum atomic E-state index is 14.4. The topological polar surface area (TPSA) is 29.0 Å². The fourth-order valence-electron chi connectivity index (χ4n) is 3.37. The molecule has 0 aliphatic carbocycles. The van der Waals surface area contributed by atoms with Crippen LogP contribution in [0.15, 0.2) is 36.7 Å². The Labute approximate surface area is 155 Å². The van der Waals surface area contributed by atoms with Crippen LogP contribution in [0.4, 0.5) is 10.2 Å². The Bertz CT molecular complexity index is 939. The summed E-state index contributed by atoms with van der Waals surface area (Å²) in [6.45, 7) is 1.84. The Morgan fingerprint density at radius 3 is 2.48 bits per heavy atom. The van der Waals surface area contributed by atoms with E-state index in [1.54, 1.807) is 18.2 Å². The Balaban J connectivity index is 1.97. The molecule has 2 aromatic carbocycles. The van der Waals surface area contributed by atoms with Gasteiger partial charge in [0.25, 0.3) is 0 Å². The summed E-state index contributed by atoms with van der Waals surface area (Å²) in [5, 5.41) is 1.68. The van der Waals surface area contributed by atoms with E-state index in [-0.39, 0.29) is 5.82 Å². The first-order valence-corrected chi connectivity index (χ1v) is 9.04. The number of hydrogen-bond acceptors (Lipinski definition) is 3. The lowest BCUT2D eigenvalue weighted by Gasteiger charge is -2.29. The molecule has 0 atom stereocenters. The average molecular weight is 376 g/mol. The standard InChI is InChI=1S/C19H16Cl2FN3/c20-14-6-4-12(10-15(14)21)13-5-7-16(22)18-17(13)19(24-11-23-18)25-8-2-1-3-9-25/h4-7,10-11H,1-3,8-9H2. The number of hydrogen-bond donors (Lipinski definition) is 0. The highest BCUT2D eigenvalue weighted by Gasteiger charge is 2.20. The van der Waals surface area contributed by atoms with E-state index in [0.717, 1.165) is 48.3 Å². The lowest BCUT2D eigenvalue weighted by atomic mass is 9.99. The largest absolute Gasteiger partial charge is 0.356 e. The molecular weight excluding hydrogens is 360 g/mol. The van der Waals surface area contributed by atoms with Crippen LogP contribution in [0.25, 0.3) is 22.0 Å². The van der Waals surface area contributed by atoms with Crippen LogP contribution in [0.5, 0.6) is 0 Å². The van der Waals surface area contributed by atoms with Crippen LogP contribution >= 0.6 is 23.2 Å². The molecule has 1 aromatic heterocycles. The quantitative estimate of drug-likeness (QED) is 0.572. The van der Waals surface area contributed by atoms with Gasteiger partial charge in [0.15, 0.2) is 0 Å². The molecule has 4 rings (SSSR count). The molecule has 0 radical (unpaired) electrons. The zero-order chi connectivity index (χ0) is 17.4. The highest BCUT2D eigenvalue weighted by Crippen LogP contribution is 2.37. The van der Waals surface area contributed by atoms with Crippen LogP contribution in [0.2, 0.25) is 10.0 Å². The van der Waals surface area contributed by atoms with Crippen molar-refractivity contribution in [3.05, 3.63) is 52.5 Å². The number of aromatic nitrogens is 2. The van der Waals surface area contributed by atoms with Gasteiger partial charge in [-0.05, 0) is 48.6 Å². The van der Waals surface area contributed by atoms with Gasteiger partial charge < -0.3 is 4.90 Å². The monoisotopic (exact) mass is 375 g/mol. The lowest BCUT2D eigenvalue weighted by Crippen LogP contribution is -2.30. The van der Waals surface area contributed by atoms with E-state index in [0.29, 0.717) is 15.6 Å². The number of nitrogens with zero attached hydrogens (tertiary/aromatic N) is 3. The fourth-order valence-corrected chi connectivity index (χ4v) is 3.67. The highest BCUT2D eigenvalue weighted by atomic mass is 35.5. The first-order chi connectivity index (χ1) is 12.1. The fraction of sp³-hybridized carbons (Fsp3) is 0.263. The lowest BCUT2D eigenvalue weighted by molar-refractivity contribution is 0.574. The Morgan fingerprint density at radius 1 is 0.920 bits per heavy atom. The summed E-state index contributed by atoms with van der Waals surface area (Å²) < 4.78 is 14.4. The van der Waals surface area contributed by atoms with E-state index in [2.05, 4.69) is 14.9 Å². The molecule has 0 amide bonds. The summed E-state index contributed by atoms with van der Waals surface area (Å²) in [6, 6.07) is 8.62. The van der Waals surface area contributed by atoms with Crippen molar-refractivity contribution in [1.29, 1.82) is 0 Å². The molecule has 0 N–H and O–H groups in total. The molecular formula is C19H16Cl2FN3. The molecule has 1 aliphatic heterocycles. The number of halogens is 3. The summed E-state index contributed by atoms with van der Waals surface area (Å²) in [5.74, 6) is 0.435. The van der Waals surface area contributed by atoms with Crippen molar-refractivity contribution in [2.45, 2.75) is 19.3 Å². The molecule has 1 fully saturated rings. The summed E-state index contributed by atoms with van der Waals surface area (Å²) in [4.78, 5) is 10.9. The molecule has 3 aromatic rings. The van der Waals surface area contributed by atoms with Gasteiger partial charge in [0.2, 0.25) is 0 Å². The minimum absolute atomic E-state index is 0.333. The van der Waals surface area contributed by atoms with Crippen LogP contribution in [0.1, 0.15) is 19.3 Å². The van der Waals surface area contributed by atoms with Crippen molar-refractivity contribution < 1.29 is 4.39 Å². The molecule has 6 heteroatoms. The smallest absolute Gasteiger partial charge is 0.149 e. The van der Waals surface area contributed by atoms with Gasteiger partial charge in [-0.15, -0.1) is 0 Å². The van der Waals surface area contributed by atoms with Gasteiger partial charge in [0.05, 0.1) is 15.4 Å². The number of anilines is 1. The van der Waals surface area contributed by atoms with Gasteiger partial charge in [-0.1, -0.05) is 35.3 Å². The third-order valence-corrected chi connectivity index (χ3v) is 5.34. The number of fused-ring (bicyclic) bond motifs is 1. The number of rotatable bonds is 2. The Kier molecular flexibility index (Phi) is 4.48. The van der Waals surface area contributed by atoms with E-state index in [4.69, 9.17) is 23.2 Å². The van der Waals surface area contributed by atoms with Gasteiger partial charge in [-0.25, -0.2) is 14.4 Å². The molecule has 1 aliphatic rings. The first kappa shape index (κ1) is 16.6. The number of piperidine rings is 1. The molecule has 0 spiro atoms. The molecule has 1 saturated heterocycles. The Hall–Kier alpha value is -1.91. The van der Waals surface area contributed by atoms with E-state index in [9.17, 15) is 4.39 Å². The third-order valence-electron chi connectivity index (χ3n) is 4.61. The second-order valence-electron chi connectivity index (χ2n) is 6.19. The second kappa shape index (κ2) is 6.77. The minimum Gasteiger partial charge on any atom is -0.356 e. The zero-order valence-corrected chi connectivity index (χ0v) is 15.0. The first-order valence-electron chi connectivity index (χ1n) is 8.29. The molecule has 0 saturated carbocycles. The van der Waals surface area contributed by atoms with Crippen molar-refractivity contribution >= 4 is 39.9 Å². The van der Waals surface area contributed by atoms with E-state index >= 15 is 0 Å². The maximum absolute atomic E-state index is 14.4. The van der Waals surface area contributed by atoms with E-state index in [1.165, 1.54) is 18.8 Å². The molecule has 25 heavy (non-hydrogen) atoms. The van der Waals surface area contributed by atoms with Crippen molar-refractivity contribution in [2.24, 2.45) is 0 Å². The maximum Gasteiger partial charge on any atom is 0.149 e. The molecule has 128 valence electrons. The van der Waals surface area contributed by atoms with Crippen molar-refractivity contribution in [2.75, 3.05) is 18.0 Å². The predicted molar refractivity (Wildman–Crippen MR) is 101 cm³/mol. The number of benzene rings is 2. The third kappa shape index (κ3) is 3.05. The molecule has 3 nitrogen and oxygen atoms in total. The second-order valence-corrected chi connectivity index (χ2v) is 7.01. The van der Waals surface area contributed by atoms with Crippen molar-refractivity contribution in [3.8, 4) is 11.1 Å². The van der Waals surface area contributed by atoms with Gasteiger partial charge in [-0.2, -0.15) is 0 Å². The molecule has 0 bridgehead atoms. The predicted octanol–water partition coefficient (Wildman–Crippen LogP) is 5.73. The van der Waals surface area contributed by atoms with Crippen molar-refractivity contribution in [3.63, 3.8) is 0 Å². The highest BCUT2D eigenvalue weighted by molar-refractivity contribution is 6.42. The summed E-state index contributed by atoms with van der Waals surface area (Å²) in [5.41, 5.74) is 2.06. The van der Waals surface area contributed by atoms with Crippen LogP contribution < -0.4 is 4.90 Å². The van der Waals surface area contributed by atoms with Crippen LogP contribution in [0.3, 0.4) is 0 Å². The summed E-state index contributed by atoms with van der Waals surface area (Å²) in [7, 11) is 0. The van der Waals surface area contributed by atoms with Crippen LogP contribution in [0, 0.1) is 5.82 Å². The van der Waals surface area contributed by atoms with E-state index < -0.39 is 0 Å². The summed E-state index contributed by atoms with van der Waals surface area (Å²) >= 11 is 12.2. The zero-order valence-electron chi connectivity index (χ0n) is 13.5. The average Bonchev–Trinajstić information content (AvgIpc) is 2.65. The van der Waals surface area contributed by atoms with Gasteiger partial charge in [0.1, 0.15) is 23.5 Å². The molecule has 0 unspecified atom stereocenters. The van der Waals surface area contributed by atoms with Crippen molar-refractivity contribution in [1.82, 2.24) is 9.97 Å². The van der Waals surface area contributed by atoms with Crippen LogP contribution in [-0.2, 0) is 0 Å². The van der Waals surface area contributed by atoms with Crippen LogP contribution in [-0.4, -0.2) is 23.1 Å². The van der Waals surface area contributed by atoms with Gasteiger partial charge in [0, 0.05) is 13.1 Å². The van der Waals surface area contributed by atoms with Gasteiger partial charge in [-0.3, -0.25) is 0 Å². The van der Waals surface area contributed by atoms with E-state index in [1.807, 2.05) is 6.07 Å². The minimum atomic E-state index is -0.348. The normalized spacial score (nSPS) is 14.9. The molecule has 2 heterocycles.